The molecule has 0 aliphatic carbocycles. The van der Waals surface area contributed by atoms with Crippen LogP contribution in [-0.4, -0.2) is 40.7 Å². The second-order valence-electron chi connectivity index (χ2n) is 5.92. The van der Waals surface area contributed by atoms with Crippen molar-refractivity contribution >= 4 is 11.7 Å². The summed E-state index contributed by atoms with van der Waals surface area (Å²) in [5, 5.41) is 8.73. The predicted octanol–water partition coefficient (Wildman–Crippen LogP) is 3.14. The van der Waals surface area contributed by atoms with E-state index in [2.05, 4.69) is 10.4 Å². The third kappa shape index (κ3) is 4.40. The minimum Gasteiger partial charge on any atom is -0.378 e. The number of hydrogen-bond acceptors (Lipinski definition) is 3. The van der Waals surface area contributed by atoms with E-state index < -0.39 is 24.4 Å². The Morgan fingerprint density at radius 2 is 2.17 bits per heavy atom. The van der Waals surface area contributed by atoms with Crippen molar-refractivity contribution in [3.05, 3.63) is 11.4 Å². The van der Waals surface area contributed by atoms with Gasteiger partial charge in [-0.15, -0.1) is 0 Å². The number of carbonyl (C=O) groups is 1. The Morgan fingerprint density at radius 1 is 1.46 bits per heavy atom. The molecule has 136 valence electrons. The topological polar surface area (TPSA) is 68.2 Å². The van der Waals surface area contributed by atoms with Crippen molar-refractivity contribution in [2.24, 2.45) is 0 Å². The van der Waals surface area contributed by atoms with Gasteiger partial charge in [-0.1, -0.05) is 0 Å². The zero-order valence-corrected chi connectivity index (χ0v) is 14.0. The van der Waals surface area contributed by atoms with Crippen LogP contribution in [0.2, 0.25) is 0 Å². The van der Waals surface area contributed by atoms with E-state index >= 15 is 0 Å². The maximum absolute atomic E-state index is 13.2. The van der Waals surface area contributed by atoms with Crippen molar-refractivity contribution in [1.29, 1.82) is 0 Å². The minimum absolute atomic E-state index is 0.275. The van der Waals surface area contributed by atoms with Crippen LogP contribution in [0.25, 0.3) is 0 Å². The minimum atomic E-state index is -4.53. The molecule has 2 heterocycles. The molecule has 2 atom stereocenters. The zero-order valence-electron chi connectivity index (χ0n) is 14.0. The van der Waals surface area contributed by atoms with Gasteiger partial charge in [0.1, 0.15) is 6.04 Å². The highest BCUT2D eigenvalue weighted by Gasteiger charge is 2.42. The maximum atomic E-state index is 13.2. The van der Waals surface area contributed by atoms with Crippen LogP contribution < -0.4 is 10.6 Å². The fourth-order valence-electron chi connectivity index (χ4n) is 2.86. The second kappa shape index (κ2) is 7.42. The summed E-state index contributed by atoms with van der Waals surface area (Å²) in [6.07, 6.45) is -3.94. The molecular formula is C15H23F3N4O2. The third-order valence-electron chi connectivity index (χ3n) is 4.14. The molecule has 9 heteroatoms. The number of hydrogen-bond donors (Lipinski definition) is 2. The Labute approximate surface area is 138 Å². The predicted molar refractivity (Wildman–Crippen MR) is 83.0 cm³/mol. The summed E-state index contributed by atoms with van der Waals surface area (Å²) in [6, 6.07) is -2.83. The molecule has 2 N–H and O–H groups in total. The highest BCUT2D eigenvalue weighted by Crippen LogP contribution is 2.28. The van der Waals surface area contributed by atoms with Crippen molar-refractivity contribution < 1.29 is 22.7 Å². The molecule has 1 aliphatic heterocycles. The van der Waals surface area contributed by atoms with E-state index in [-0.39, 0.29) is 6.42 Å². The Bertz CT molecular complexity index is 580. The van der Waals surface area contributed by atoms with Crippen LogP contribution in [0.15, 0.2) is 0 Å². The van der Waals surface area contributed by atoms with E-state index in [1.165, 1.54) is 0 Å². The van der Waals surface area contributed by atoms with Gasteiger partial charge in [0.15, 0.2) is 0 Å². The number of nitrogens with one attached hydrogen (secondary N) is 2. The molecule has 6 nitrogen and oxygen atoms in total. The summed E-state index contributed by atoms with van der Waals surface area (Å²) in [4.78, 5) is 12.0. The van der Waals surface area contributed by atoms with E-state index in [1.54, 1.807) is 18.5 Å². The lowest BCUT2D eigenvalue weighted by Crippen LogP contribution is -2.48. The van der Waals surface area contributed by atoms with Crippen molar-refractivity contribution in [2.45, 2.75) is 64.9 Å². The number of aromatic nitrogens is 2. The number of urea groups is 1. The van der Waals surface area contributed by atoms with Gasteiger partial charge in [-0.3, -0.25) is 4.68 Å². The van der Waals surface area contributed by atoms with Crippen LogP contribution in [-0.2, 0) is 11.3 Å². The molecule has 1 aromatic rings. The number of rotatable bonds is 5. The van der Waals surface area contributed by atoms with E-state index in [9.17, 15) is 18.0 Å². The van der Waals surface area contributed by atoms with E-state index in [0.29, 0.717) is 36.6 Å². The van der Waals surface area contributed by atoms with E-state index in [0.717, 1.165) is 6.42 Å². The lowest BCUT2D eigenvalue weighted by molar-refractivity contribution is -0.159. The van der Waals surface area contributed by atoms with Gasteiger partial charge >= 0.3 is 12.2 Å². The Hall–Kier alpha value is -1.77. The number of aryl methyl sites for hydroxylation is 2. The lowest BCUT2D eigenvalue weighted by Gasteiger charge is -2.24. The van der Waals surface area contributed by atoms with Crippen LogP contribution in [0.3, 0.4) is 0 Å². The first-order chi connectivity index (χ1) is 11.2. The number of carbonyl (C=O) groups excluding carboxylic acids is 1. The summed E-state index contributed by atoms with van der Waals surface area (Å²) < 4.78 is 46.5. The monoisotopic (exact) mass is 348 g/mol. The van der Waals surface area contributed by atoms with Crippen LogP contribution in [0.5, 0.6) is 0 Å². The average Bonchev–Trinajstić information content (AvgIpc) is 3.09. The molecule has 1 aromatic heterocycles. The first kappa shape index (κ1) is 18.6. The van der Waals surface area contributed by atoms with Crippen LogP contribution in [0.4, 0.5) is 23.7 Å². The normalized spacial score (nSPS) is 19.3. The molecule has 0 aromatic carbocycles. The first-order valence-corrected chi connectivity index (χ1v) is 8.02. The van der Waals surface area contributed by atoms with Gasteiger partial charge in [-0.25, -0.2) is 4.79 Å². The fraction of sp³-hybridized carbons (Fsp3) is 0.733. The highest BCUT2D eigenvalue weighted by atomic mass is 19.4. The fourth-order valence-corrected chi connectivity index (χ4v) is 2.86. The van der Waals surface area contributed by atoms with E-state index in [1.807, 2.05) is 12.2 Å². The second-order valence-corrected chi connectivity index (χ2v) is 5.92. The van der Waals surface area contributed by atoms with Gasteiger partial charge < -0.3 is 15.4 Å². The smallest absolute Gasteiger partial charge is 0.378 e. The summed E-state index contributed by atoms with van der Waals surface area (Å²) in [5.41, 5.74) is 1.70. The van der Waals surface area contributed by atoms with Gasteiger partial charge in [0.25, 0.3) is 0 Å². The maximum Gasteiger partial charge on any atom is 0.408 e. The largest absolute Gasteiger partial charge is 0.408 e. The third-order valence-corrected chi connectivity index (χ3v) is 4.14. The van der Waals surface area contributed by atoms with Crippen LogP contribution in [0.1, 0.15) is 37.6 Å². The van der Waals surface area contributed by atoms with Crippen LogP contribution in [0, 0.1) is 13.8 Å². The molecule has 1 fully saturated rings. The summed E-state index contributed by atoms with van der Waals surface area (Å²) >= 11 is 0. The van der Waals surface area contributed by atoms with Crippen molar-refractivity contribution in [2.75, 3.05) is 11.9 Å². The molecule has 2 unspecified atom stereocenters. The number of anilines is 1. The SMILES string of the molecule is CCn1nc(C)c(NC(=O)NC(CC2CCCO2)C(F)(F)F)c1C. The van der Waals surface area contributed by atoms with E-state index in [4.69, 9.17) is 4.74 Å². The van der Waals surface area contributed by atoms with Crippen molar-refractivity contribution in [3.8, 4) is 0 Å². The zero-order chi connectivity index (χ0) is 17.9. The number of ether oxygens (including phenoxy) is 1. The number of halogens is 3. The molecule has 0 saturated carbocycles. The molecule has 2 rings (SSSR count). The van der Waals surface area contributed by atoms with Crippen LogP contribution >= 0.6 is 0 Å². The Kier molecular flexibility index (Phi) is 5.74. The highest BCUT2D eigenvalue weighted by molar-refractivity contribution is 5.90. The molecule has 2 amide bonds. The van der Waals surface area contributed by atoms with Crippen molar-refractivity contribution in [3.63, 3.8) is 0 Å². The molecule has 1 aliphatic rings. The number of amides is 2. The summed E-state index contributed by atoms with van der Waals surface area (Å²) in [5.74, 6) is 0. The van der Waals surface area contributed by atoms with Crippen molar-refractivity contribution in [1.82, 2.24) is 15.1 Å². The van der Waals surface area contributed by atoms with Gasteiger partial charge in [-0.2, -0.15) is 18.3 Å². The number of nitrogens with zero attached hydrogens (tertiary/aromatic N) is 2. The first-order valence-electron chi connectivity index (χ1n) is 8.02. The summed E-state index contributed by atoms with van der Waals surface area (Å²) in [7, 11) is 0. The lowest BCUT2D eigenvalue weighted by atomic mass is 10.1. The Morgan fingerprint density at radius 3 is 2.67 bits per heavy atom. The van der Waals surface area contributed by atoms with Gasteiger partial charge in [0.05, 0.1) is 23.2 Å². The van der Waals surface area contributed by atoms with Gasteiger partial charge in [0.2, 0.25) is 0 Å². The molecule has 0 radical (unpaired) electrons. The molecule has 0 bridgehead atoms. The molecule has 0 spiro atoms. The average molecular weight is 348 g/mol. The molecular weight excluding hydrogens is 325 g/mol. The van der Waals surface area contributed by atoms with Gasteiger partial charge in [-0.05, 0) is 33.6 Å². The van der Waals surface area contributed by atoms with Gasteiger partial charge in [0, 0.05) is 19.6 Å². The quantitative estimate of drug-likeness (QED) is 0.859. The molecule has 1 saturated heterocycles. The molecule has 24 heavy (non-hydrogen) atoms. The Balaban J connectivity index is 2.03. The standard InChI is InChI=1S/C15H23F3N4O2/c1-4-22-10(3)13(9(2)21-22)20-14(23)19-12(15(16,17)18)8-11-6-5-7-24-11/h11-12H,4-8H2,1-3H3,(H2,19,20,23). The summed E-state index contributed by atoms with van der Waals surface area (Å²) in [6.45, 7) is 6.43. The number of alkyl halides is 3.